The van der Waals surface area contributed by atoms with Crippen molar-refractivity contribution >= 4 is 10.0 Å². The summed E-state index contributed by atoms with van der Waals surface area (Å²) >= 11 is 0. The molecule has 3 unspecified atom stereocenters. The second-order valence-corrected chi connectivity index (χ2v) is 7.62. The molecule has 0 aromatic heterocycles. The van der Waals surface area contributed by atoms with E-state index in [0.717, 1.165) is 5.56 Å². The summed E-state index contributed by atoms with van der Waals surface area (Å²) in [6.07, 6.45) is -0.375. The van der Waals surface area contributed by atoms with Gasteiger partial charge >= 0.3 is 0 Å². The average molecular weight is 325 g/mol. The first kappa shape index (κ1) is 17.1. The molecule has 0 saturated carbocycles. The molecule has 122 valence electrons. The van der Waals surface area contributed by atoms with E-state index in [2.05, 4.69) is 6.58 Å². The maximum Gasteiger partial charge on any atom is 0.245 e. The Morgan fingerprint density at radius 3 is 2.45 bits per heavy atom. The van der Waals surface area contributed by atoms with Crippen LogP contribution in [0, 0.1) is 6.92 Å². The van der Waals surface area contributed by atoms with Crippen LogP contribution >= 0.6 is 0 Å². The monoisotopic (exact) mass is 325 g/mol. The van der Waals surface area contributed by atoms with Crippen LogP contribution in [-0.2, 0) is 14.8 Å². The fraction of sp³-hybridized carbons (Fsp3) is 0.500. The van der Waals surface area contributed by atoms with E-state index < -0.39 is 28.4 Å². The smallest absolute Gasteiger partial charge is 0.245 e. The lowest BCUT2D eigenvalue weighted by molar-refractivity contribution is 0.0123. The Morgan fingerprint density at radius 1 is 1.36 bits per heavy atom. The summed E-state index contributed by atoms with van der Waals surface area (Å²) in [6.45, 7) is 7.34. The number of aliphatic hydroxyl groups is 1. The molecule has 0 amide bonds. The molecule has 5 nitrogen and oxygen atoms in total. The summed E-state index contributed by atoms with van der Waals surface area (Å²) in [5.74, 6) is 0. The Labute approximate surface area is 132 Å². The molecule has 2 rings (SSSR count). The largest absolute Gasteiger partial charge is 0.387 e. The molecule has 6 heteroatoms. The lowest BCUT2D eigenvalue weighted by atomic mass is 10.0. The molecule has 1 heterocycles. The molecule has 1 N–H and O–H groups in total. The molecule has 1 fully saturated rings. The van der Waals surface area contributed by atoms with Gasteiger partial charge in [-0.25, -0.2) is 8.42 Å². The first-order valence-corrected chi connectivity index (χ1v) is 8.69. The number of sulfonamides is 1. The number of aryl methyl sites for hydroxylation is 1. The molecule has 0 aliphatic carbocycles. The lowest BCUT2D eigenvalue weighted by Gasteiger charge is -2.31. The summed E-state index contributed by atoms with van der Waals surface area (Å²) in [6, 6.07) is 6.14. The molecule has 0 radical (unpaired) electrons. The number of benzene rings is 1. The van der Waals surface area contributed by atoms with Gasteiger partial charge in [0.25, 0.3) is 0 Å². The third-order valence-corrected chi connectivity index (χ3v) is 5.99. The molecule has 0 spiro atoms. The second-order valence-electron chi connectivity index (χ2n) is 5.77. The fourth-order valence-electron chi connectivity index (χ4n) is 2.79. The van der Waals surface area contributed by atoms with E-state index in [1.807, 2.05) is 6.92 Å². The van der Waals surface area contributed by atoms with Crippen molar-refractivity contribution in [1.29, 1.82) is 0 Å². The van der Waals surface area contributed by atoms with Gasteiger partial charge in [-0.2, -0.15) is 4.31 Å². The van der Waals surface area contributed by atoms with Gasteiger partial charge in [0.2, 0.25) is 10.0 Å². The fourth-order valence-corrected chi connectivity index (χ4v) is 4.60. The zero-order valence-corrected chi connectivity index (χ0v) is 14.0. The predicted molar refractivity (Wildman–Crippen MR) is 84.8 cm³/mol. The van der Waals surface area contributed by atoms with Crippen molar-refractivity contribution < 1.29 is 18.3 Å². The van der Waals surface area contributed by atoms with Gasteiger partial charge in [0, 0.05) is 7.11 Å². The quantitative estimate of drug-likeness (QED) is 0.842. The van der Waals surface area contributed by atoms with E-state index in [1.165, 1.54) is 11.4 Å². The number of ether oxygens (including phenoxy) is 1. The molecule has 22 heavy (non-hydrogen) atoms. The molecule has 1 aliphatic heterocycles. The number of hydrogen-bond donors (Lipinski definition) is 1. The molecular formula is C16H23NO4S. The molecule has 1 aromatic carbocycles. The van der Waals surface area contributed by atoms with Crippen LogP contribution in [0.5, 0.6) is 0 Å². The summed E-state index contributed by atoms with van der Waals surface area (Å²) < 4.78 is 32.5. The van der Waals surface area contributed by atoms with Crippen LogP contribution in [0.2, 0.25) is 0 Å². The zero-order valence-electron chi connectivity index (χ0n) is 13.2. The first-order chi connectivity index (χ1) is 10.3. The Bertz CT molecular complexity index is 639. The number of aliphatic hydroxyl groups excluding tert-OH is 1. The molecule has 3 atom stereocenters. The Balaban J connectivity index is 2.43. The Hall–Kier alpha value is -1.21. The molecule has 1 aliphatic rings. The standard InChI is InChI=1S/C16H23NO4S/c1-11(2)16(18)14-9-10-15(21-4)17(14)22(19,20)13-7-5-12(3)6-8-13/h5-8,14-16,18H,1,9-10H2,2-4H3. The summed E-state index contributed by atoms with van der Waals surface area (Å²) in [5.41, 5.74) is 1.54. The zero-order chi connectivity index (χ0) is 16.5. The third kappa shape index (κ3) is 3.10. The highest BCUT2D eigenvalue weighted by Crippen LogP contribution is 2.34. The summed E-state index contributed by atoms with van der Waals surface area (Å²) in [5, 5.41) is 10.3. The highest BCUT2D eigenvalue weighted by molar-refractivity contribution is 7.89. The van der Waals surface area contributed by atoms with Crippen LogP contribution in [-0.4, -0.2) is 43.3 Å². The number of rotatable bonds is 5. The maximum absolute atomic E-state index is 13.0. The van der Waals surface area contributed by atoms with E-state index in [9.17, 15) is 13.5 Å². The minimum absolute atomic E-state index is 0.209. The highest BCUT2D eigenvalue weighted by atomic mass is 32.2. The molecular weight excluding hydrogens is 302 g/mol. The van der Waals surface area contributed by atoms with E-state index >= 15 is 0 Å². The van der Waals surface area contributed by atoms with E-state index in [0.29, 0.717) is 18.4 Å². The van der Waals surface area contributed by atoms with Gasteiger partial charge in [0.15, 0.2) is 0 Å². The Morgan fingerprint density at radius 2 is 1.95 bits per heavy atom. The van der Waals surface area contributed by atoms with Crippen molar-refractivity contribution in [3.05, 3.63) is 42.0 Å². The van der Waals surface area contributed by atoms with Gasteiger partial charge in [-0.1, -0.05) is 29.8 Å². The van der Waals surface area contributed by atoms with Crippen LogP contribution in [0.3, 0.4) is 0 Å². The van der Waals surface area contributed by atoms with Crippen LogP contribution < -0.4 is 0 Å². The van der Waals surface area contributed by atoms with E-state index in [4.69, 9.17) is 4.74 Å². The van der Waals surface area contributed by atoms with Crippen molar-refractivity contribution in [2.45, 2.75) is 50.0 Å². The normalized spacial score (nSPS) is 24.4. The number of hydrogen-bond acceptors (Lipinski definition) is 4. The van der Waals surface area contributed by atoms with E-state index in [-0.39, 0.29) is 4.90 Å². The molecule has 1 aromatic rings. The predicted octanol–water partition coefficient (Wildman–Crippen LogP) is 2.06. The van der Waals surface area contributed by atoms with Crippen molar-refractivity contribution in [2.75, 3.05) is 7.11 Å². The van der Waals surface area contributed by atoms with Crippen molar-refractivity contribution in [3.8, 4) is 0 Å². The SMILES string of the molecule is C=C(C)C(O)C1CCC(OC)N1S(=O)(=O)c1ccc(C)cc1. The van der Waals surface area contributed by atoms with Crippen molar-refractivity contribution in [2.24, 2.45) is 0 Å². The molecule has 1 saturated heterocycles. The summed E-state index contributed by atoms with van der Waals surface area (Å²) in [4.78, 5) is 0.209. The summed E-state index contributed by atoms with van der Waals surface area (Å²) in [7, 11) is -2.25. The highest BCUT2D eigenvalue weighted by Gasteiger charge is 2.45. The number of nitrogens with zero attached hydrogens (tertiary/aromatic N) is 1. The molecule has 0 bridgehead atoms. The van der Waals surface area contributed by atoms with E-state index in [1.54, 1.807) is 31.2 Å². The minimum atomic E-state index is -3.74. The Kier molecular flexibility index (Phi) is 5.07. The van der Waals surface area contributed by atoms with Gasteiger partial charge in [0.05, 0.1) is 17.0 Å². The van der Waals surface area contributed by atoms with Crippen LogP contribution in [0.25, 0.3) is 0 Å². The third-order valence-electron chi connectivity index (χ3n) is 4.06. The van der Waals surface area contributed by atoms with Gasteiger partial charge in [-0.15, -0.1) is 0 Å². The van der Waals surface area contributed by atoms with Crippen LogP contribution in [0.1, 0.15) is 25.3 Å². The van der Waals surface area contributed by atoms with Crippen LogP contribution in [0.15, 0.2) is 41.3 Å². The second kappa shape index (κ2) is 6.50. The first-order valence-electron chi connectivity index (χ1n) is 7.25. The van der Waals surface area contributed by atoms with Gasteiger partial charge < -0.3 is 9.84 Å². The number of methoxy groups -OCH3 is 1. The van der Waals surface area contributed by atoms with Gasteiger partial charge in [-0.05, 0) is 38.8 Å². The van der Waals surface area contributed by atoms with Gasteiger partial charge in [-0.3, -0.25) is 0 Å². The van der Waals surface area contributed by atoms with Crippen LogP contribution in [0.4, 0.5) is 0 Å². The topological polar surface area (TPSA) is 66.8 Å². The lowest BCUT2D eigenvalue weighted by Crippen LogP contribution is -2.47. The maximum atomic E-state index is 13.0. The van der Waals surface area contributed by atoms with Crippen molar-refractivity contribution in [3.63, 3.8) is 0 Å². The van der Waals surface area contributed by atoms with Crippen molar-refractivity contribution in [1.82, 2.24) is 4.31 Å². The average Bonchev–Trinajstić information content (AvgIpc) is 2.91. The van der Waals surface area contributed by atoms with Gasteiger partial charge in [0.1, 0.15) is 6.23 Å². The minimum Gasteiger partial charge on any atom is -0.387 e.